The molecule has 0 aliphatic carbocycles. The molecule has 1 amide bonds. The summed E-state index contributed by atoms with van der Waals surface area (Å²) in [5.74, 6) is -0.749. The lowest BCUT2D eigenvalue weighted by Crippen LogP contribution is -2.33. The summed E-state index contributed by atoms with van der Waals surface area (Å²) in [7, 11) is 0. The number of carbonyl (C=O) groups excluding carboxylic acids is 1. The molecule has 0 aromatic rings. The summed E-state index contributed by atoms with van der Waals surface area (Å²) < 4.78 is 0. The second-order valence-electron chi connectivity index (χ2n) is 3.98. The van der Waals surface area contributed by atoms with E-state index in [1.54, 1.807) is 4.90 Å². The topological polar surface area (TPSA) is 57.6 Å². The van der Waals surface area contributed by atoms with Gasteiger partial charge in [-0.05, 0) is 12.8 Å². The minimum Gasteiger partial charge on any atom is -0.481 e. The number of hydrogen-bond donors (Lipinski definition) is 1. The summed E-state index contributed by atoms with van der Waals surface area (Å²) in [6.07, 6.45) is 4.42. The number of amides is 1. The van der Waals surface area contributed by atoms with Crippen molar-refractivity contribution in [1.82, 2.24) is 4.90 Å². The maximum Gasteiger partial charge on any atom is 0.305 e. The third-order valence-corrected chi connectivity index (χ3v) is 2.47. The maximum absolute atomic E-state index is 11.8. The molecule has 1 N–H and O–H groups in total. The van der Waals surface area contributed by atoms with Crippen LogP contribution in [0.4, 0.5) is 0 Å². The first kappa shape index (κ1) is 14.9. The van der Waals surface area contributed by atoms with Gasteiger partial charge < -0.3 is 10.0 Å². The molecule has 0 rings (SSSR count). The molecule has 0 aromatic heterocycles. The Labute approximate surface area is 97.6 Å². The van der Waals surface area contributed by atoms with Crippen molar-refractivity contribution in [3.05, 3.63) is 0 Å². The van der Waals surface area contributed by atoms with E-state index in [4.69, 9.17) is 5.11 Å². The lowest BCUT2D eigenvalue weighted by molar-refractivity contribution is -0.138. The van der Waals surface area contributed by atoms with Gasteiger partial charge in [0.1, 0.15) is 0 Å². The highest BCUT2D eigenvalue weighted by Gasteiger charge is 2.13. The van der Waals surface area contributed by atoms with Crippen LogP contribution >= 0.6 is 0 Å². The molecule has 0 heterocycles. The molecule has 4 heteroatoms. The van der Waals surface area contributed by atoms with Crippen LogP contribution < -0.4 is 0 Å². The maximum atomic E-state index is 11.8. The van der Waals surface area contributed by atoms with Crippen LogP contribution in [0.2, 0.25) is 0 Å². The Balaban J connectivity index is 4.06. The molecule has 0 unspecified atom stereocenters. The first-order chi connectivity index (χ1) is 7.61. The first-order valence-corrected chi connectivity index (χ1v) is 6.11. The van der Waals surface area contributed by atoms with E-state index in [1.165, 1.54) is 0 Å². The van der Waals surface area contributed by atoms with Crippen LogP contribution in [0.3, 0.4) is 0 Å². The number of rotatable bonds is 9. The molecule has 16 heavy (non-hydrogen) atoms. The predicted molar refractivity (Wildman–Crippen MR) is 63.3 cm³/mol. The van der Waals surface area contributed by atoms with Crippen molar-refractivity contribution in [3.63, 3.8) is 0 Å². The van der Waals surface area contributed by atoms with Crippen LogP contribution in [0.15, 0.2) is 0 Å². The molecule has 0 bridgehead atoms. The minimum atomic E-state index is -0.843. The van der Waals surface area contributed by atoms with Crippen LogP contribution in [0.1, 0.15) is 52.4 Å². The summed E-state index contributed by atoms with van der Waals surface area (Å²) in [6.45, 7) is 5.14. The number of carboxylic acid groups (broad SMARTS) is 1. The summed E-state index contributed by atoms with van der Waals surface area (Å²) in [6, 6.07) is 0. The molecular formula is C12H23NO3. The van der Waals surface area contributed by atoms with E-state index in [0.717, 1.165) is 25.7 Å². The number of hydrogen-bond acceptors (Lipinski definition) is 2. The third-order valence-electron chi connectivity index (χ3n) is 2.47. The zero-order valence-electron chi connectivity index (χ0n) is 10.4. The molecule has 0 saturated heterocycles. The second kappa shape index (κ2) is 9.19. The minimum absolute atomic E-state index is 0.0432. The van der Waals surface area contributed by atoms with Crippen molar-refractivity contribution >= 4 is 11.9 Å². The van der Waals surface area contributed by atoms with Crippen molar-refractivity contribution in [2.75, 3.05) is 13.1 Å². The predicted octanol–water partition coefficient (Wildman–Crippen LogP) is 2.28. The van der Waals surface area contributed by atoms with Crippen molar-refractivity contribution in [2.45, 2.75) is 52.4 Å². The van der Waals surface area contributed by atoms with Crippen LogP contribution in [0.5, 0.6) is 0 Å². The van der Waals surface area contributed by atoms with Gasteiger partial charge in [-0.2, -0.15) is 0 Å². The van der Waals surface area contributed by atoms with Gasteiger partial charge in [0, 0.05) is 19.5 Å². The molecule has 0 aliphatic rings. The average molecular weight is 229 g/mol. The van der Waals surface area contributed by atoms with Gasteiger partial charge in [0.15, 0.2) is 0 Å². The van der Waals surface area contributed by atoms with Gasteiger partial charge in [-0.15, -0.1) is 0 Å². The van der Waals surface area contributed by atoms with E-state index < -0.39 is 5.97 Å². The lowest BCUT2D eigenvalue weighted by atomic mass is 10.2. The molecule has 0 aliphatic heterocycles. The van der Waals surface area contributed by atoms with E-state index in [-0.39, 0.29) is 12.3 Å². The third kappa shape index (κ3) is 7.26. The molecule has 0 saturated carbocycles. The average Bonchev–Trinajstić information content (AvgIpc) is 2.25. The molecule has 0 spiro atoms. The fourth-order valence-corrected chi connectivity index (χ4v) is 1.43. The molecule has 0 fully saturated rings. The highest BCUT2D eigenvalue weighted by Crippen LogP contribution is 2.04. The van der Waals surface area contributed by atoms with E-state index in [1.807, 2.05) is 6.92 Å². The number of aliphatic carboxylic acids is 1. The molecule has 0 atom stereocenters. The monoisotopic (exact) mass is 229 g/mol. The van der Waals surface area contributed by atoms with Crippen molar-refractivity contribution in [3.8, 4) is 0 Å². The van der Waals surface area contributed by atoms with Gasteiger partial charge in [-0.25, -0.2) is 0 Å². The molecule has 94 valence electrons. The normalized spacial score (nSPS) is 10.1. The Bertz CT molecular complexity index is 216. The van der Waals surface area contributed by atoms with Gasteiger partial charge in [0.05, 0.1) is 6.42 Å². The molecule has 0 radical (unpaired) electrons. The Hall–Kier alpha value is -1.06. The Morgan fingerprint density at radius 2 is 1.62 bits per heavy atom. The lowest BCUT2D eigenvalue weighted by Gasteiger charge is -2.21. The Morgan fingerprint density at radius 3 is 2.12 bits per heavy atom. The van der Waals surface area contributed by atoms with Gasteiger partial charge in [0.25, 0.3) is 0 Å². The van der Waals surface area contributed by atoms with Gasteiger partial charge in [-0.1, -0.05) is 26.7 Å². The number of carbonyl (C=O) groups is 2. The van der Waals surface area contributed by atoms with E-state index in [9.17, 15) is 9.59 Å². The summed E-state index contributed by atoms with van der Waals surface area (Å²) in [4.78, 5) is 23.9. The summed E-state index contributed by atoms with van der Waals surface area (Å²) >= 11 is 0. The Morgan fingerprint density at radius 1 is 1.00 bits per heavy atom. The molecule has 0 aromatic carbocycles. The summed E-state index contributed by atoms with van der Waals surface area (Å²) in [5.41, 5.74) is 0. The fourth-order valence-electron chi connectivity index (χ4n) is 1.43. The van der Waals surface area contributed by atoms with E-state index in [2.05, 4.69) is 6.92 Å². The number of nitrogens with zero attached hydrogens (tertiary/aromatic N) is 1. The largest absolute Gasteiger partial charge is 0.481 e. The van der Waals surface area contributed by atoms with Gasteiger partial charge in [0.2, 0.25) is 5.91 Å². The van der Waals surface area contributed by atoms with Crippen molar-refractivity contribution < 1.29 is 14.7 Å². The standard InChI is InChI=1S/C12H23NO3/c1-3-5-7-11(14)13(9-6-4-2)10-8-12(15)16/h3-10H2,1-2H3,(H,15,16). The van der Waals surface area contributed by atoms with Crippen molar-refractivity contribution in [1.29, 1.82) is 0 Å². The van der Waals surface area contributed by atoms with Crippen LogP contribution in [0, 0.1) is 0 Å². The van der Waals surface area contributed by atoms with Crippen LogP contribution in [0.25, 0.3) is 0 Å². The number of unbranched alkanes of at least 4 members (excludes halogenated alkanes) is 2. The second-order valence-corrected chi connectivity index (χ2v) is 3.98. The fraction of sp³-hybridized carbons (Fsp3) is 0.833. The smallest absolute Gasteiger partial charge is 0.305 e. The SMILES string of the molecule is CCCCC(=O)N(CCCC)CCC(=O)O. The molecule has 4 nitrogen and oxygen atoms in total. The van der Waals surface area contributed by atoms with E-state index in [0.29, 0.717) is 19.5 Å². The highest BCUT2D eigenvalue weighted by atomic mass is 16.4. The summed E-state index contributed by atoms with van der Waals surface area (Å²) in [5, 5.41) is 8.61. The van der Waals surface area contributed by atoms with Crippen LogP contribution in [-0.2, 0) is 9.59 Å². The highest BCUT2D eigenvalue weighted by molar-refractivity contribution is 5.77. The molecular weight excluding hydrogens is 206 g/mol. The van der Waals surface area contributed by atoms with Crippen LogP contribution in [-0.4, -0.2) is 35.0 Å². The van der Waals surface area contributed by atoms with E-state index >= 15 is 0 Å². The zero-order valence-corrected chi connectivity index (χ0v) is 10.4. The zero-order chi connectivity index (χ0) is 12.4. The first-order valence-electron chi connectivity index (χ1n) is 6.11. The van der Waals surface area contributed by atoms with Crippen molar-refractivity contribution in [2.24, 2.45) is 0 Å². The quantitative estimate of drug-likeness (QED) is 0.660. The van der Waals surface area contributed by atoms with Gasteiger partial charge in [-0.3, -0.25) is 9.59 Å². The Kier molecular flexibility index (Phi) is 8.58. The number of carboxylic acids is 1. The van der Waals surface area contributed by atoms with Gasteiger partial charge >= 0.3 is 5.97 Å².